The topological polar surface area (TPSA) is 44.8 Å². The van der Waals surface area contributed by atoms with E-state index >= 15 is 0 Å². The summed E-state index contributed by atoms with van der Waals surface area (Å²) in [4.78, 5) is 7.00. The van der Waals surface area contributed by atoms with E-state index in [9.17, 15) is 0 Å². The number of aromatic amines is 1. The predicted molar refractivity (Wildman–Crippen MR) is 113 cm³/mol. The number of benzene rings is 2. The van der Waals surface area contributed by atoms with Crippen molar-refractivity contribution < 1.29 is 0 Å². The maximum Gasteiger partial charge on any atom is 0.0702 e. The maximum atomic E-state index is 4.43. The first-order valence-electron chi connectivity index (χ1n) is 10.0. The first-order valence-corrected chi connectivity index (χ1v) is 10.0. The van der Waals surface area contributed by atoms with Crippen molar-refractivity contribution in [3.63, 3.8) is 0 Å². The molecule has 2 aromatic carbocycles. The van der Waals surface area contributed by atoms with Crippen molar-refractivity contribution in [3.05, 3.63) is 84.3 Å². The standard InChI is InChI=1S/C24H24N4/c1-2-6-19(7-3-1)22-15-26-27-24(22)21-9-5-13-28(17-21)16-18-10-11-23-20(14-18)8-4-12-25-23/h1-4,6-8,10-12,14-15,21H,5,9,13,16-17H2,(H,26,27)/t21-/m0/s1. The van der Waals surface area contributed by atoms with E-state index in [2.05, 4.69) is 74.7 Å². The van der Waals surface area contributed by atoms with Gasteiger partial charge in [0.25, 0.3) is 0 Å². The summed E-state index contributed by atoms with van der Waals surface area (Å²) in [5, 5.41) is 8.88. The van der Waals surface area contributed by atoms with Crippen LogP contribution in [-0.2, 0) is 6.54 Å². The van der Waals surface area contributed by atoms with Crippen molar-refractivity contribution in [1.29, 1.82) is 0 Å². The molecule has 1 aliphatic rings. The number of rotatable bonds is 4. The Morgan fingerprint density at radius 3 is 2.89 bits per heavy atom. The minimum absolute atomic E-state index is 0.494. The number of pyridine rings is 1. The van der Waals surface area contributed by atoms with E-state index < -0.39 is 0 Å². The molecule has 1 fully saturated rings. The highest BCUT2D eigenvalue weighted by molar-refractivity contribution is 5.78. The molecule has 0 saturated carbocycles. The van der Waals surface area contributed by atoms with Crippen LogP contribution in [0.3, 0.4) is 0 Å². The first kappa shape index (κ1) is 17.1. The zero-order chi connectivity index (χ0) is 18.8. The molecular formula is C24H24N4. The van der Waals surface area contributed by atoms with E-state index in [4.69, 9.17) is 0 Å². The SMILES string of the molecule is c1ccc(-c2cn[nH]c2[C@H]2CCCN(Cc3ccc4ncccc4c3)C2)cc1. The molecule has 0 aliphatic carbocycles. The van der Waals surface area contributed by atoms with Gasteiger partial charge in [-0.1, -0.05) is 42.5 Å². The molecule has 0 unspecified atom stereocenters. The third-order valence-electron chi connectivity index (χ3n) is 5.74. The molecule has 4 heteroatoms. The van der Waals surface area contributed by atoms with Gasteiger partial charge in [-0.2, -0.15) is 5.10 Å². The normalized spacial score (nSPS) is 17.8. The number of hydrogen-bond acceptors (Lipinski definition) is 3. The van der Waals surface area contributed by atoms with Gasteiger partial charge in [-0.3, -0.25) is 15.0 Å². The zero-order valence-corrected chi connectivity index (χ0v) is 15.9. The molecule has 0 radical (unpaired) electrons. The number of fused-ring (bicyclic) bond motifs is 1. The molecule has 1 atom stereocenters. The molecule has 0 amide bonds. The smallest absolute Gasteiger partial charge is 0.0702 e. The van der Waals surface area contributed by atoms with Gasteiger partial charge in [0.05, 0.1) is 11.7 Å². The zero-order valence-electron chi connectivity index (χ0n) is 15.9. The fraction of sp³-hybridized carbons (Fsp3) is 0.250. The summed E-state index contributed by atoms with van der Waals surface area (Å²) >= 11 is 0. The lowest BCUT2D eigenvalue weighted by Crippen LogP contribution is -2.34. The van der Waals surface area contributed by atoms with Crippen LogP contribution < -0.4 is 0 Å². The molecular weight excluding hydrogens is 344 g/mol. The second-order valence-electron chi connectivity index (χ2n) is 7.67. The fourth-order valence-corrected chi connectivity index (χ4v) is 4.37. The summed E-state index contributed by atoms with van der Waals surface area (Å²) in [5.74, 6) is 0.494. The monoisotopic (exact) mass is 368 g/mol. The number of nitrogens with one attached hydrogen (secondary N) is 1. The van der Waals surface area contributed by atoms with E-state index in [1.165, 1.54) is 40.6 Å². The number of nitrogens with zero attached hydrogens (tertiary/aromatic N) is 3. The van der Waals surface area contributed by atoms with Gasteiger partial charge in [0.15, 0.2) is 0 Å². The lowest BCUT2D eigenvalue weighted by molar-refractivity contribution is 0.198. The van der Waals surface area contributed by atoms with E-state index in [1.807, 2.05) is 18.5 Å². The van der Waals surface area contributed by atoms with Gasteiger partial charge in [0.1, 0.15) is 0 Å². The number of H-pyrrole nitrogens is 1. The number of aromatic nitrogens is 3. The Labute approximate surface area is 165 Å². The van der Waals surface area contributed by atoms with Gasteiger partial charge in [-0.25, -0.2) is 0 Å². The number of likely N-dealkylation sites (tertiary alicyclic amines) is 1. The van der Waals surface area contributed by atoms with Gasteiger partial charge < -0.3 is 0 Å². The highest BCUT2D eigenvalue weighted by atomic mass is 15.2. The lowest BCUT2D eigenvalue weighted by atomic mass is 9.90. The molecule has 1 aliphatic heterocycles. The Balaban J connectivity index is 1.35. The Morgan fingerprint density at radius 1 is 1.04 bits per heavy atom. The van der Waals surface area contributed by atoms with Crippen molar-refractivity contribution in [2.24, 2.45) is 0 Å². The fourth-order valence-electron chi connectivity index (χ4n) is 4.37. The summed E-state index contributed by atoms with van der Waals surface area (Å²) in [5.41, 5.74) is 6.18. The van der Waals surface area contributed by atoms with Crippen LogP contribution in [0.4, 0.5) is 0 Å². The molecule has 0 bridgehead atoms. The lowest BCUT2D eigenvalue weighted by Gasteiger charge is -2.32. The highest BCUT2D eigenvalue weighted by Crippen LogP contribution is 2.33. The molecule has 4 aromatic rings. The molecule has 1 N–H and O–H groups in total. The average molecular weight is 368 g/mol. The van der Waals surface area contributed by atoms with Gasteiger partial charge in [-0.15, -0.1) is 0 Å². The van der Waals surface area contributed by atoms with E-state index in [1.54, 1.807) is 0 Å². The molecule has 2 aromatic heterocycles. The van der Waals surface area contributed by atoms with Crippen molar-refractivity contribution >= 4 is 10.9 Å². The van der Waals surface area contributed by atoms with Crippen LogP contribution in [0.5, 0.6) is 0 Å². The van der Waals surface area contributed by atoms with Crippen LogP contribution in [0, 0.1) is 0 Å². The van der Waals surface area contributed by atoms with Crippen LogP contribution in [0.1, 0.15) is 30.0 Å². The molecule has 1 saturated heterocycles. The van der Waals surface area contributed by atoms with Crippen molar-refractivity contribution in [3.8, 4) is 11.1 Å². The Kier molecular flexibility index (Phi) is 4.63. The average Bonchev–Trinajstić information content (AvgIpc) is 3.25. The Hall–Kier alpha value is -2.98. The molecule has 4 nitrogen and oxygen atoms in total. The molecule has 28 heavy (non-hydrogen) atoms. The second-order valence-corrected chi connectivity index (χ2v) is 7.67. The van der Waals surface area contributed by atoms with Crippen LogP contribution in [-0.4, -0.2) is 33.2 Å². The minimum Gasteiger partial charge on any atom is -0.298 e. The summed E-state index contributed by atoms with van der Waals surface area (Å²) in [7, 11) is 0. The van der Waals surface area contributed by atoms with Crippen molar-refractivity contribution in [2.45, 2.75) is 25.3 Å². The third-order valence-corrected chi connectivity index (χ3v) is 5.74. The van der Waals surface area contributed by atoms with Crippen LogP contribution >= 0.6 is 0 Å². The quantitative estimate of drug-likeness (QED) is 0.551. The Bertz CT molecular complexity index is 1070. The second kappa shape index (κ2) is 7.56. The molecule has 0 spiro atoms. The predicted octanol–water partition coefficient (Wildman–Crippen LogP) is 5.00. The number of hydrogen-bond donors (Lipinski definition) is 1. The third kappa shape index (κ3) is 3.43. The maximum absolute atomic E-state index is 4.43. The summed E-state index contributed by atoms with van der Waals surface area (Å²) in [6.45, 7) is 3.19. The van der Waals surface area contributed by atoms with Crippen molar-refractivity contribution in [1.82, 2.24) is 20.1 Å². The van der Waals surface area contributed by atoms with Gasteiger partial charge >= 0.3 is 0 Å². The largest absolute Gasteiger partial charge is 0.298 e. The van der Waals surface area contributed by atoms with Crippen molar-refractivity contribution in [2.75, 3.05) is 13.1 Å². The van der Waals surface area contributed by atoms with E-state index in [-0.39, 0.29) is 0 Å². The van der Waals surface area contributed by atoms with Gasteiger partial charge in [0.2, 0.25) is 0 Å². The minimum atomic E-state index is 0.494. The number of piperidine rings is 1. The summed E-state index contributed by atoms with van der Waals surface area (Å²) < 4.78 is 0. The van der Waals surface area contributed by atoms with Crippen LogP contribution in [0.15, 0.2) is 73.1 Å². The Morgan fingerprint density at radius 2 is 1.96 bits per heavy atom. The van der Waals surface area contributed by atoms with Gasteiger partial charge in [0, 0.05) is 41.8 Å². The first-order chi connectivity index (χ1) is 13.9. The molecule has 5 rings (SSSR count). The van der Waals surface area contributed by atoms with E-state index in [0.717, 1.165) is 25.2 Å². The molecule has 3 heterocycles. The summed E-state index contributed by atoms with van der Waals surface area (Å²) in [6, 6.07) is 21.3. The molecule has 140 valence electrons. The summed E-state index contributed by atoms with van der Waals surface area (Å²) in [6.07, 6.45) is 6.25. The van der Waals surface area contributed by atoms with E-state index in [0.29, 0.717) is 5.92 Å². The highest BCUT2D eigenvalue weighted by Gasteiger charge is 2.25. The van der Waals surface area contributed by atoms with Crippen LogP contribution in [0.25, 0.3) is 22.0 Å². The van der Waals surface area contributed by atoms with Gasteiger partial charge in [-0.05, 0) is 48.7 Å². The van der Waals surface area contributed by atoms with Crippen LogP contribution in [0.2, 0.25) is 0 Å².